The molecule has 4 heteroatoms. The zero-order valence-corrected chi connectivity index (χ0v) is 11.0. The third-order valence-corrected chi connectivity index (χ3v) is 3.72. The topological polar surface area (TPSA) is 55.1 Å². The van der Waals surface area contributed by atoms with E-state index in [1.807, 2.05) is 48.7 Å². The molecular formula is C14H16N2OS. The Morgan fingerprint density at radius 3 is 2.89 bits per heavy atom. The Morgan fingerprint density at radius 2 is 2.22 bits per heavy atom. The molecule has 94 valence electrons. The van der Waals surface area contributed by atoms with Crippen molar-refractivity contribution in [3.63, 3.8) is 0 Å². The van der Waals surface area contributed by atoms with Gasteiger partial charge in [0.2, 0.25) is 5.91 Å². The Bertz CT molecular complexity index is 522. The Kier molecular flexibility index (Phi) is 3.99. The van der Waals surface area contributed by atoms with Gasteiger partial charge in [-0.15, -0.1) is 11.3 Å². The van der Waals surface area contributed by atoms with Crippen molar-refractivity contribution in [2.24, 2.45) is 0 Å². The Labute approximate surface area is 111 Å². The molecule has 3 N–H and O–H groups in total. The Balaban J connectivity index is 1.93. The quantitative estimate of drug-likeness (QED) is 0.830. The molecule has 0 saturated heterocycles. The highest BCUT2D eigenvalue weighted by atomic mass is 32.1. The standard InChI is InChI=1S/C14H16N2OS/c1-10(13-6-3-7-18-13)16-14(17)9-11-4-2-5-12(15)8-11/h2-8,10H,9,15H2,1H3,(H,16,17). The van der Waals surface area contributed by atoms with Crippen LogP contribution >= 0.6 is 11.3 Å². The Morgan fingerprint density at radius 1 is 1.39 bits per heavy atom. The monoisotopic (exact) mass is 260 g/mol. The van der Waals surface area contributed by atoms with E-state index in [-0.39, 0.29) is 11.9 Å². The fourth-order valence-corrected chi connectivity index (χ4v) is 2.52. The van der Waals surface area contributed by atoms with Crippen molar-refractivity contribution in [3.05, 3.63) is 52.2 Å². The number of nitrogens with two attached hydrogens (primary N) is 1. The van der Waals surface area contributed by atoms with Crippen LogP contribution in [0.25, 0.3) is 0 Å². The minimum atomic E-state index is 0.0153. The molecule has 0 bridgehead atoms. The summed E-state index contributed by atoms with van der Waals surface area (Å²) in [5.74, 6) is 0.0153. The molecule has 2 aromatic rings. The first-order chi connectivity index (χ1) is 8.65. The summed E-state index contributed by atoms with van der Waals surface area (Å²) in [4.78, 5) is 13.0. The van der Waals surface area contributed by atoms with Gasteiger partial charge in [-0.3, -0.25) is 4.79 Å². The van der Waals surface area contributed by atoms with Gasteiger partial charge in [0.15, 0.2) is 0 Å². The fraction of sp³-hybridized carbons (Fsp3) is 0.214. The third-order valence-electron chi connectivity index (χ3n) is 2.66. The second kappa shape index (κ2) is 5.69. The predicted octanol–water partition coefficient (Wildman–Crippen LogP) is 2.75. The summed E-state index contributed by atoms with van der Waals surface area (Å²) in [6.45, 7) is 1.99. The van der Waals surface area contributed by atoms with Gasteiger partial charge in [-0.05, 0) is 36.1 Å². The van der Waals surface area contributed by atoms with Crippen molar-refractivity contribution in [2.75, 3.05) is 5.73 Å². The van der Waals surface area contributed by atoms with Gasteiger partial charge >= 0.3 is 0 Å². The number of rotatable bonds is 4. The number of nitrogens with one attached hydrogen (secondary N) is 1. The zero-order chi connectivity index (χ0) is 13.0. The lowest BCUT2D eigenvalue weighted by Crippen LogP contribution is -2.27. The molecule has 0 fully saturated rings. The molecule has 1 aromatic carbocycles. The summed E-state index contributed by atoms with van der Waals surface area (Å²) in [6.07, 6.45) is 0.362. The van der Waals surface area contributed by atoms with Crippen molar-refractivity contribution >= 4 is 22.9 Å². The van der Waals surface area contributed by atoms with Crippen LogP contribution in [0.5, 0.6) is 0 Å². The summed E-state index contributed by atoms with van der Waals surface area (Å²) >= 11 is 1.65. The molecule has 0 saturated carbocycles. The molecule has 0 aliphatic carbocycles. The van der Waals surface area contributed by atoms with E-state index in [0.29, 0.717) is 12.1 Å². The van der Waals surface area contributed by atoms with Crippen molar-refractivity contribution in [1.29, 1.82) is 0 Å². The highest BCUT2D eigenvalue weighted by Gasteiger charge is 2.10. The van der Waals surface area contributed by atoms with Crippen LogP contribution in [0.3, 0.4) is 0 Å². The van der Waals surface area contributed by atoms with Gasteiger partial charge in [0.25, 0.3) is 0 Å². The van der Waals surface area contributed by atoms with Crippen LogP contribution in [-0.2, 0) is 11.2 Å². The molecule has 18 heavy (non-hydrogen) atoms. The van der Waals surface area contributed by atoms with Gasteiger partial charge in [0.05, 0.1) is 12.5 Å². The van der Waals surface area contributed by atoms with Gasteiger partial charge in [0.1, 0.15) is 0 Å². The van der Waals surface area contributed by atoms with Gasteiger partial charge in [0, 0.05) is 10.6 Å². The molecule has 3 nitrogen and oxygen atoms in total. The van der Waals surface area contributed by atoms with Crippen LogP contribution in [0.2, 0.25) is 0 Å². The lowest BCUT2D eigenvalue weighted by atomic mass is 10.1. The number of amides is 1. The van der Waals surface area contributed by atoms with E-state index in [1.165, 1.54) is 0 Å². The Hall–Kier alpha value is -1.81. The maximum atomic E-state index is 11.9. The van der Waals surface area contributed by atoms with Crippen LogP contribution in [-0.4, -0.2) is 5.91 Å². The first-order valence-corrected chi connectivity index (χ1v) is 6.70. The maximum absolute atomic E-state index is 11.9. The van der Waals surface area contributed by atoms with E-state index in [9.17, 15) is 4.79 Å². The number of anilines is 1. The summed E-state index contributed by atoms with van der Waals surface area (Å²) < 4.78 is 0. The average Bonchev–Trinajstić information content (AvgIpc) is 2.81. The van der Waals surface area contributed by atoms with E-state index in [4.69, 9.17) is 5.73 Å². The van der Waals surface area contributed by atoms with E-state index >= 15 is 0 Å². The minimum Gasteiger partial charge on any atom is -0.399 e. The minimum absolute atomic E-state index is 0.0153. The lowest BCUT2D eigenvalue weighted by Gasteiger charge is -2.12. The number of thiophene rings is 1. The smallest absolute Gasteiger partial charge is 0.224 e. The number of carbonyl (C=O) groups excluding carboxylic acids is 1. The van der Waals surface area contributed by atoms with Crippen molar-refractivity contribution in [3.8, 4) is 0 Å². The van der Waals surface area contributed by atoms with E-state index < -0.39 is 0 Å². The molecule has 1 atom stereocenters. The second-order valence-corrected chi connectivity index (χ2v) is 5.21. The zero-order valence-electron chi connectivity index (χ0n) is 10.2. The number of benzene rings is 1. The van der Waals surface area contributed by atoms with E-state index in [2.05, 4.69) is 5.32 Å². The molecule has 1 aromatic heterocycles. The highest BCUT2D eigenvalue weighted by Crippen LogP contribution is 2.18. The normalized spacial score (nSPS) is 12.1. The second-order valence-electron chi connectivity index (χ2n) is 4.23. The van der Waals surface area contributed by atoms with Gasteiger partial charge in [-0.2, -0.15) is 0 Å². The molecule has 0 spiro atoms. The first kappa shape index (κ1) is 12.6. The third kappa shape index (κ3) is 3.34. The number of carbonyl (C=O) groups is 1. The van der Waals surface area contributed by atoms with E-state index in [0.717, 1.165) is 10.4 Å². The molecule has 1 heterocycles. The maximum Gasteiger partial charge on any atom is 0.224 e. The summed E-state index contributed by atoms with van der Waals surface area (Å²) in [7, 11) is 0. The molecule has 0 aliphatic heterocycles. The highest BCUT2D eigenvalue weighted by molar-refractivity contribution is 7.10. The largest absolute Gasteiger partial charge is 0.399 e. The SMILES string of the molecule is CC(NC(=O)Cc1cccc(N)c1)c1cccs1. The van der Waals surface area contributed by atoms with Gasteiger partial charge in [-0.1, -0.05) is 18.2 Å². The van der Waals surface area contributed by atoms with E-state index in [1.54, 1.807) is 11.3 Å². The summed E-state index contributed by atoms with van der Waals surface area (Å²) in [5.41, 5.74) is 7.31. The number of hydrogen-bond donors (Lipinski definition) is 2. The van der Waals surface area contributed by atoms with Crippen molar-refractivity contribution < 1.29 is 4.79 Å². The molecule has 1 unspecified atom stereocenters. The lowest BCUT2D eigenvalue weighted by molar-refractivity contribution is -0.121. The van der Waals surface area contributed by atoms with Gasteiger partial charge < -0.3 is 11.1 Å². The molecular weight excluding hydrogens is 244 g/mol. The number of hydrogen-bond acceptors (Lipinski definition) is 3. The molecule has 0 aliphatic rings. The predicted molar refractivity (Wildman–Crippen MR) is 75.4 cm³/mol. The summed E-state index contributed by atoms with van der Waals surface area (Å²) in [5, 5.41) is 4.99. The van der Waals surface area contributed by atoms with Crippen LogP contribution < -0.4 is 11.1 Å². The van der Waals surface area contributed by atoms with Crippen LogP contribution in [0, 0.1) is 0 Å². The van der Waals surface area contributed by atoms with Gasteiger partial charge in [-0.25, -0.2) is 0 Å². The number of nitrogen functional groups attached to an aromatic ring is 1. The van der Waals surface area contributed by atoms with Crippen LogP contribution in [0.15, 0.2) is 41.8 Å². The molecule has 1 amide bonds. The molecule has 0 radical (unpaired) electrons. The van der Waals surface area contributed by atoms with Crippen LogP contribution in [0.1, 0.15) is 23.4 Å². The van der Waals surface area contributed by atoms with Crippen LogP contribution in [0.4, 0.5) is 5.69 Å². The fourth-order valence-electron chi connectivity index (χ4n) is 1.79. The van der Waals surface area contributed by atoms with Crippen molar-refractivity contribution in [1.82, 2.24) is 5.32 Å². The first-order valence-electron chi connectivity index (χ1n) is 5.82. The molecule has 2 rings (SSSR count). The average molecular weight is 260 g/mol. The van der Waals surface area contributed by atoms with Crippen molar-refractivity contribution in [2.45, 2.75) is 19.4 Å². The summed E-state index contributed by atoms with van der Waals surface area (Å²) in [6, 6.07) is 11.5.